The Hall–Kier alpha value is -3.55. The number of hydrogen-bond donors (Lipinski definition) is 2. The largest absolute Gasteiger partial charge is 0.491 e. The molecule has 0 fully saturated rings. The minimum Gasteiger partial charge on any atom is -0.491 e. The molecule has 8 heteroatoms. The Kier molecular flexibility index (Phi) is 3.94. The van der Waals surface area contributed by atoms with Crippen LogP contribution in [-0.2, 0) is 17.8 Å². The van der Waals surface area contributed by atoms with Gasteiger partial charge in [-0.3, -0.25) is 4.79 Å². The van der Waals surface area contributed by atoms with Crippen molar-refractivity contribution in [2.75, 3.05) is 12.3 Å². The number of nitrogens with two attached hydrogens (primary N) is 1. The fraction of sp³-hybridized carbons (Fsp3) is 0.286. The summed E-state index contributed by atoms with van der Waals surface area (Å²) in [7, 11) is 0. The summed E-state index contributed by atoms with van der Waals surface area (Å²) < 4.78 is 13.5. The van der Waals surface area contributed by atoms with Gasteiger partial charge >= 0.3 is 5.97 Å². The zero-order valence-corrected chi connectivity index (χ0v) is 15.9. The number of fused-ring (bicyclic) bond motifs is 1. The first-order valence-electron chi connectivity index (χ1n) is 9.55. The van der Waals surface area contributed by atoms with Gasteiger partial charge in [0, 0.05) is 12.1 Å². The van der Waals surface area contributed by atoms with Gasteiger partial charge in [0.05, 0.1) is 18.0 Å². The van der Waals surface area contributed by atoms with E-state index in [1.165, 1.54) is 0 Å². The first kappa shape index (κ1) is 17.5. The summed E-state index contributed by atoms with van der Waals surface area (Å²) in [5.74, 6) is 0.270. The molecule has 8 nitrogen and oxygen atoms in total. The molecule has 0 bridgehead atoms. The normalized spacial score (nSPS) is 14.7. The molecule has 0 saturated carbocycles. The van der Waals surface area contributed by atoms with Crippen molar-refractivity contribution in [2.24, 2.45) is 5.92 Å². The molecule has 1 aliphatic heterocycles. The maximum atomic E-state index is 11.3. The summed E-state index contributed by atoms with van der Waals surface area (Å²) in [5.41, 5.74) is 10.5. The molecule has 148 valence electrons. The summed E-state index contributed by atoms with van der Waals surface area (Å²) in [6.45, 7) is 3.09. The van der Waals surface area contributed by atoms with Crippen molar-refractivity contribution in [3.8, 4) is 17.1 Å². The van der Waals surface area contributed by atoms with Crippen molar-refractivity contribution < 1.29 is 19.1 Å². The number of aliphatic carboxylic acids is 1. The van der Waals surface area contributed by atoms with Gasteiger partial charge in [-0.25, -0.2) is 4.98 Å². The van der Waals surface area contributed by atoms with Crippen molar-refractivity contribution in [3.63, 3.8) is 0 Å². The molecular weight excluding hydrogens is 372 g/mol. The summed E-state index contributed by atoms with van der Waals surface area (Å²) in [6, 6.07) is 9.73. The average Bonchev–Trinajstić information content (AvgIpc) is 3.15. The van der Waals surface area contributed by atoms with E-state index in [2.05, 4.69) is 9.55 Å². The Morgan fingerprint density at radius 3 is 2.97 bits per heavy atom. The van der Waals surface area contributed by atoms with Crippen LogP contribution in [0.4, 0.5) is 6.01 Å². The summed E-state index contributed by atoms with van der Waals surface area (Å²) in [6.07, 6.45) is 1.28. The Balaban J connectivity index is 1.67. The van der Waals surface area contributed by atoms with Crippen LogP contribution in [0.1, 0.15) is 18.9 Å². The lowest BCUT2D eigenvalue weighted by atomic mass is 10.0. The van der Waals surface area contributed by atoms with Crippen LogP contribution in [0.15, 0.2) is 34.7 Å². The molecule has 5 rings (SSSR count). The maximum Gasteiger partial charge on any atom is 0.306 e. The van der Waals surface area contributed by atoms with Gasteiger partial charge < -0.3 is 24.6 Å². The van der Waals surface area contributed by atoms with Crippen LogP contribution in [0, 0.1) is 5.92 Å². The number of aryl methyl sites for hydroxylation is 1. The lowest BCUT2D eigenvalue weighted by Crippen LogP contribution is -2.12. The third-order valence-electron chi connectivity index (χ3n) is 5.28. The molecule has 3 heterocycles. The number of carboxylic acid groups (broad SMARTS) is 1. The highest BCUT2D eigenvalue weighted by Gasteiger charge is 2.22. The number of carboxylic acids is 1. The Labute approximate surface area is 165 Å². The SMILES string of the molecule is C[C@H](Cc1cc2c3c(c1)nc(-c1ccc4oc(N)nc4c1)n3CCCO2)C(=O)O. The van der Waals surface area contributed by atoms with Crippen LogP contribution >= 0.6 is 0 Å². The topological polar surface area (TPSA) is 116 Å². The molecular formula is C21H20N4O4. The maximum absolute atomic E-state index is 11.3. The van der Waals surface area contributed by atoms with E-state index in [9.17, 15) is 9.90 Å². The first-order valence-corrected chi connectivity index (χ1v) is 9.55. The quantitative estimate of drug-likeness (QED) is 0.546. The van der Waals surface area contributed by atoms with Gasteiger partial charge in [0.15, 0.2) is 5.58 Å². The van der Waals surface area contributed by atoms with Gasteiger partial charge in [-0.05, 0) is 48.7 Å². The number of nitrogens with zero attached hydrogens (tertiary/aromatic N) is 3. The monoisotopic (exact) mass is 392 g/mol. The molecule has 2 aromatic carbocycles. The predicted octanol–water partition coefficient (Wildman–Crippen LogP) is 3.47. The van der Waals surface area contributed by atoms with E-state index in [-0.39, 0.29) is 6.01 Å². The minimum absolute atomic E-state index is 0.136. The van der Waals surface area contributed by atoms with Crippen LogP contribution in [0.3, 0.4) is 0 Å². The molecule has 29 heavy (non-hydrogen) atoms. The van der Waals surface area contributed by atoms with E-state index in [0.717, 1.165) is 46.7 Å². The molecule has 0 amide bonds. The molecule has 0 spiro atoms. The van der Waals surface area contributed by atoms with Crippen molar-refractivity contribution >= 4 is 34.1 Å². The zero-order chi connectivity index (χ0) is 20.1. The highest BCUT2D eigenvalue weighted by atomic mass is 16.5. The molecule has 0 aliphatic carbocycles. The second-order valence-corrected chi connectivity index (χ2v) is 7.43. The number of nitrogen functional groups attached to an aromatic ring is 1. The van der Waals surface area contributed by atoms with Crippen LogP contribution in [0.25, 0.3) is 33.5 Å². The smallest absolute Gasteiger partial charge is 0.306 e. The second kappa shape index (κ2) is 6.51. The lowest BCUT2D eigenvalue weighted by Gasteiger charge is -2.10. The van der Waals surface area contributed by atoms with Crippen LogP contribution in [-0.4, -0.2) is 32.2 Å². The van der Waals surface area contributed by atoms with E-state index < -0.39 is 11.9 Å². The number of anilines is 1. The highest BCUT2D eigenvalue weighted by Crippen LogP contribution is 2.35. The lowest BCUT2D eigenvalue weighted by molar-refractivity contribution is -0.141. The second-order valence-electron chi connectivity index (χ2n) is 7.43. The number of carbonyl (C=O) groups is 1. The summed E-state index contributed by atoms with van der Waals surface area (Å²) >= 11 is 0. The predicted molar refractivity (Wildman–Crippen MR) is 108 cm³/mol. The molecule has 0 radical (unpaired) electrons. The molecule has 3 N–H and O–H groups in total. The van der Waals surface area contributed by atoms with Crippen molar-refractivity contribution in [1.82, 2.24) is 14.5 Å². The molecule has 2 aromatic heterocycles. The molecule has 1 atom stereocenters. The number of rotatable bonds is 4. The van der Waals surface area contributed by atoms with Crippen molar-refractivity contribution in [3.05, 3.63) is 35.9 Å². The Bertz CT molecular complexity index is 1260. The number of oxazole rings is 1. The van der Waals surface area contributed by atoms with E-state index >= 15 is 0 Å². The molecule has 0 unspecified atom stereocenters. The van der Waals surface area contributed by atoms with Gasteiger partial charge in [-0.2, -0.15) is 4.98 Å². The van der Waals surface area contributed by atoms with Gasteiger partial charge in [0.2, 0.25) is 0 Å². The van der Waals surface area contributed by atoms with E-state index in [1.807, 2.05) is 30.3 Å². The van der Waals surface area contributed by atoms with E-state index in [0.29, 0.717) is 24.1 Å². The fourth-order valence-corrected chi connectivity index (χ4v) is 3.88. The fourth-order valence-electron chi connectivity index (χ4n) is 3.88. The number of ether oxygens (including phenoxy) is 1. The third kappa shape index (κ3) is 2.97. The average molecular weight is 392 g/mol. The third-order valence-corrected chi connectivity index (χ3v) is 5.28. The van der Waals surface area contributed by atoms with E-state index in [4.69, 9.17) is 19.9 Å². The summed E-state index contributed by atoms with van der Waals surface area (Å²) in [5, 5.41) is 9.25. The van der Waals surface area contributed by atoms with Crippen LogP contribution in [0.5, 0.6) is 5.75 Å². The van der Waals surface area contributed by atoms with Crippen LogP contribution in [0.2, 0.25) is 0 Å². The van der Waals surface area contributed by atoms with Gasteiger partial charge in [-0.1, -0.05) is 6.92 Å². The van der Waals surface area contributed by atoms with Gasteiger partial charge in [-0.15, -0.1) is 0 Å². The first-order chi connectivity index (χ1) is 14.0. The standard InChI is InChI=1S/C21H20N4O4/c1-11(20(26)27)7-12-8-15-18-17(9-12)28-6-2-5-25(18)19(23-15)13-3-4-16-14(10-13)24-21(22)29-16/h3-4,8-11H,2,5-7H2,1H3,(H2,22,24)(H,26,27)/t11-/m1/s1. The summed E-state index contributed by atoms with van der Waals surface area (Å²) in [4.78, 5) is 20.4. The number of benzene rings is 2. The highest BCUT2D eigenvalue weighted by molar-refractivity contribution is 5.89. The van der Waals surface area contributed by atoms with Crippen molar-refractivity contribution in [2.45, 2.75) is 26.3 Å². The number of aromatic nitrogens is 3. The molecule has 4 aromatic rings. The Morgan fingerprint density at radius 2 is 2.14 bits per heavy atom. The number of hydrogen-bond acceptors (Lipinski definition) is 6. The van der Waals surface area contributed by atoms with Gasteiger partial charge in [0.25, 0.3) is 6.01 Å². The zero-order valence-electron chi connectivity index (χ0n) is 15.9. The van der Waals surface area contributed by atoms with Gasteiger partial charge in [0.1, 0.15) is 22.6 Å². The van der Waals surface area contributed by atoms with E-state index in [1.54, 1.807) is 6.92 Å². The minimum atomic E-state index is -0.816. The Morgan fingerprint density at radius 1 is 1.28 bits per heavy atom. The number of imidazole rings is 1. The van der Waals surface area contributed by atoms with Crippen LogP contribution < -0.4 is 10.5 Å². The van der Waals surface area contributed by atoms with Crippen molar-refractivity contribution in [1.29, 1.82) is 0 Å². The molecule has 1 aliphatic rings. The molecule has 0 saturated heterocycles.